The van der Waals surface area contributed by atoms with Crippen LogP contribution in [0, 0.1) is 18.3 Å². The summed E-state index contributed by atoms with van der Waals surface area (Å²) in [4.78, 5) is 11.5. The van der Waals surface area contributed by atoms with E-state index in [1.165, 1.54) is 7.11 Å². The van der Waals surface area contributed by atoms with E-state index < -0.39 is 0 Å². The summed E-state index contributed by atoms with van der Waals surface area (Å²) in [6.45, 7) is 3.02. The van der Waals surface area contributed by atoms with Crippen LogP contribution in [0.2, 0.25) is 0 Å². The van der Waals surface area contributed by atoms with Crippen molar-refractivity contribution in [1.29, 1.82) is 5.26 Å². The minimum atomic E-state index is -0.359. The van der Waals surface area contributed by atoms with Gasteiger partial charge in [-0.05, 0) is 48.9 Å². The van der Waals surface area contributed by atoms with Crippen LogP contribution in [0.5, 0.6) is 5.75 Å². The van der Waals surface area contributed by atoms with Crippen LogP contribution in [-0.4, -0.2) is 26.2 Å². The largest absolute Gasteiger partial charge is 0.492 e. The van der Waals surface area contributed by atoms with Crippen LogP contribution < -0.4 is 10.1 Å². The molecule has 0 atom stereocenters. The number of nitrogens with one attached hydrogen (secondary N) is 1. The normalized spacial score (nSPS) is 9.78. The zero-order valence-electron chi connectivity index (χ0n) is 13.1. The molecule has 0 aliphatic carbocycles. The average molecular weight is 310 g/mol. The molecule has 0 unspecified atom stereocenters. The highest BCUT2D eigenvalue weighted by atomic mass is 16.5. The number of hydrogen-bond donors (Lipinski definition) is 1. The SMILES string of the molecule is COC(=O)c1ccc(C)c(NCCOc2ccc(C#N)cc2)c1. The maximum atomic E-state index is 11.5. The van der Waals surface area contributed by atoms with Crippen molar-refractivity contribution in [3.63, 3.8) is 0 Å². The molecule has 0 saturated carbocycles. The number of nitriles is 1. The van der Waals surface area contributed by atoms with Gasteiger partial charge in [-0.3, -0.25) is 0 Å². The molecule has 0 amide bonds. The maximum Gasteiger partial charge on any atom is 0.337 e. The van der Waals surface area contributed by atoms with E-state index in [1.807, 2.05) is 13.0 Å². The summed E-state index contributed by atoms with van der Waals surface area (Å²) in [5.74, 6) is 0.354. The number of ether oxygens (including phenoxy) is 2. The fourth-order valence-electron chi connectivity index (χ4n) is 2.04. The second-order valence-electron chi connectivity index (χ2n) is 4.93. The quantitative estimate of drug-likeness (QED) is 0.655. The summed E-state index contributed by atoms with van der Waals surface area (Å²) in [6, 6.07) is 14.4. The van der Waals surface area contributed by atoms with Gasteiger partial charge in [0.05, 0.1) is 24.3 Å². The molecular formula is C18H18N2O3. The van der Waals surface area contributed by atoms with Crippen LogP contribution in [0.4, 0.5) is 5.69 Å². The summed E-state index contributed by atoms with van der Waals surface area (Å²) in [5.41, 5.74) is 3.02. The molecule has 2 aromatic rings. The molecule has 0 radical (unpaired) electrons. The van der Waals surface area contributed by atoms with Gasteiger partial charge in [-0.2, -0.15) is 5.26 Å². The lowest BCUT2D eigenvalue weighted by molar-refractivity contribution is 0.0601. The third-order valence-corrected chi connectivity index (χ3v) is 3.33. The third kappa shape index (κ3) is 4.48. The molecule has 0 fully saturated rings. The molecule has 1 N–H and O–H groups in total. The molecule has 5 heteroatoms. The Labute approximate surface area is 135 Å². The van der Waals surface area contributed by atoms with E-state index >= 15 is 0 Å². The predicted molar refractivity (Wildman–Crippen MR) is 87.7 cm³/mol. The van der Waals surface area contributed by atoms with Gasteiger partial charge in [-0.15, -0.1) is 0 Å². The van der Waals surface area contributed by atoms with Crippen molar-refractivity contribution in [2.75, 3.05) is 25.6 Å². The Morgan fingerprint density at radius 2 is 1.96 bits per heavy atom. The molecule has 0 spiro atoms. The number of aryl methyl sites for hydroxylation is 1. The highest BCUT2D eigenvalue weighted by Gasteiger charge is 2.07. The van der Waals surface area contributed by atoms with Gasteiger partial charge >= 0.3 is 5.97 Å². The molecule has 0 bridgehead atoms. The Kier molecular flexibility index (Phi) is 5.59. The third-order valence-electron chi connectivity index (χ3n) is 3.33. The zero-order valence-corrected chi connectivity index (χ0v) is 13.1. The van der Waals surface area contributed by atoms with Crippen molar-refractivity contribution in [2.24, 2.45) is 0 Å². The second-order valence-corrected chi connectivity index (χ2v) is 4.93. The van der Waals surface area contributed by atoms with E-state index in [2.05, 4.69) is 11.4 Å². The first kappa shape index (κ1) is 16.4. The van der Waals surface area contributed by atoms with Gasteiger partial charge in [0.1, 0.15) is 12.4 Å². The lowest BCUT2D eigenvalue weighted by Crippen LogP contribution is -2.13. The van der Waals surface area contributed by atoms with Crippen molar-refractivity contribution in [3.8, 4) is 11.8 Å². The standard InChI is InChI=1S/C18H18N2O3/c1-13-3-6-15(18(21)22-2)11-17(13)20-9-10-23-16-7-4-14(12-19)5-8-16/h3-8,11,20H,9-10H2,1-2H3. The van der Waals surface area contributed by atoms with Crippen molar-refractivity contribution < 1.29 is 14.3 Å². The fraction of sp³-hybridized carbons (Fsp3) is 0.222. The number of hydrogen-bond acceptors (Lipinski definition) is 5. The Morgan fingerprint density at radius 1 is 1.22 bits per heavy atom. The van der Waals surface area contributed by atoms with Gasteiger partial charge in [-0.1, -0.05) is 6.07 Å². The first-order chi connectivity index (χ1) is 11.1. The number of anilines is 1. The van der Waals surface area contributed by atoms with Crippen LogP contribution in [0.15, 0.2) is 42.5 Å². The summed E-state index contributed by atoms with van der Waals surface area (Å²) in [5, 5.41) is 12.0. The number of methoxy groups -OCH3 is 1. The van der Waals surface area contributed by atoms with Crippen molar-refractivity contribution >= 4 is 11.7 Å². The van der Waals surface area contributed by atoms with Crippen LogP contribution in [0.3, 0.4) is 0 Å². The van der Waals surface area contributed by atoms with Crippen molar-refractivity contribution in [1.82, 2.24) is 0 Å². The van der Waals surface area contributed by atoms with Crippen molar-refractivity contribution in [2.45, 2.75) is 6.92 Å². The lowest BCUT2D eigenvalue weighted by Gasteiger charge is -2.12. The molecule has 5 nitrogen and oxygen atoms in total. The summed E-state index contributed by atoms with van der Waals surface area (Å²) >= 11 is 0. The van der Waals surface area contributed by atoms with Gasteiger partial charge in [0.25, 0.3) is 0 Å². The molecule has 2 aromatic carbocycles. The van der Waals surface area contributed by atoms with Crippen LogP contribution in [-0.2, 0) is 4.74 Å². The summed E-state index contributed by atoms with van der Waals surface area (Å²) < 4.78 is 10.3. The Hall–Kier alpha value is -3.00. The molecule has 2 rings (SSSR count). The number of nitrogens with zero attached hydrogens (tertiary/aromatic N) is 1. The highest BCUT2D eigenvalue weighted by molar-refractivity contribution is 5.90. The Bertz CT molecular complexity index is 718. The Balaban J connectivity index is 1.88. The van der Waals surface area contributed by atoms with E-state index in [4.69, 9.17) is 14.7 Å². The van der Waals surface area contributed by atoms with E-state index in [-0.39, 0.29) is 5.97 Å². The monoisotopic (exact) mass is 310 g/mol. The first-order valence-electron chi connectivity index (χ1n) is 7.20. The predicted octanol–water partition coefficient (Wildman–Crippen LogP) is 3.14. The molecule has 0 heterocycles. The van der Waals surface area contributed by atoms with Gasteiger partial charge in [0.15, 0.2) is 0 Å². The van der Waals surface area contributed by atoms with Crippen LogP contribution >= 0.6 is 0 Å². The van der Waals surface area contributed by atoms with E-state index in [0.717, 1.165) is 11.3 Å². The van der Waals surface area contributed by atoms with Crippen LogP contribution in [0.25, 0.3) is 0 Å². The number of carbonyl (C=O) groups excluding carboxylic acids is 1. The minimum absolute atomic E-state index is 0.359. The topological polar surface area (TPSA) is 71.3 Å². The zero-order chi connectivity index (χ0) is 16.7. The second kappa shape index (κ2) is 7.85. The van der Waals surface area contributed by atoms with Gasteiger partial charge in [0, 0.05) is 12.2 Å². The number of esters is 1. The average Bonchev–Trinajstić information content (AvgIpc) is 2.60. The molecule has 0 aliphatic rings. The molecule has 0 aromatic heterocycles. The molecular weight excluding hydrogens is 292 g/mol. The fourth-order valence-corrected chi connectivity index (χ4v) is 2.04. The molecule has 118 valence electrons. The van der Waals surface area contributed by atoms with Gasteiger partial charge in [-0.25, -0.2) is 4.79 Å². The van der Waals surface area contributed by atoms with Crippen LogP contribution in [0.1, 0.15) is 21.5 Å². The molecule has 0 aliphatic heterocycles. The highest BCUT2D eigenvalue weighted by Crippen LogP contribution is 2.17. The Morgan fingerprint density at radius 3 is 2.61 bits per heavy atom. The smallest absolute Gasteiger partial charge is 0.337 e. The number of benzene rings is 2. The molecule has 0 saturated heterocycles. The first-order valence-corrected chi connectivity index (χ1v) is 7.20. The molecule has 23 heavy (non-hydrogen) atoms. The van der Waals surface area contributed by atoms with Crippen molar-refractivity contribution in [3.05, 3.63) is 59.2 Å². The number of rotatable bonds is 6. The summed E-state index contributed by atoms with van der Waals surface area (Å²) in [7, 11) is 1.36. The lowest BCUT2D eigenvalue weighted by atomic mass is 10.1. The number of carbonyl (C=O) groups is 1. The van der Waals surface area contributed by atoms with Gasteiger partial charge in [0.2, 0.25) is 0 Å². The van der Waals surface area contributed by atoms with E-state index in [0.29, 0.717) is 30.0 Å². The minimum Gasteiger partial charge on any atom is -0.492 e. The summed E-state index contributed by atoms with van der Waals surface area (Å²) in [6.07, 6.45) is 0. The van der Waals surface area contributed by atoms with Gasteiger partial charge < -0.3 is 14.8 Å². The van der Waals surface area contributed by atoms with E-state index in [9.17, 15) is 4.79 Å². The maximum absolute atomic E-state index is 11.5. The van der Waals surface area contributed by atoms with E-state index in [1.54, 1.807) is 36.4 Å².